The molecule has 8 nitrogen and oxygen atoms in total. The average molecular weight is 469 g/mol. The van der Waals surface area contributed by atoms with Gasteiger partial charge >= 0.3 is 5.97 Å². The van der Waals surface area contributed by atoms with E-state index in [1.807, 2.05) is 32.0 Å². The van der Waals surface area contributed by atoms with Crippen molar-refractivity contribution in [1.29, 1.82) is 0 Å². The van der Waals surface area contributed by atoms with Gasteiger partial charge in [0, 0.05) is 12.6 Å². The van der Waals surface area contributed by atoms with Crippen LogP contribution in [0.1, 0.15) is 30.5 Å². The molecule has 0 unspecified atom stereocenters. The van der Waals surface area contributed by atoms with Gasteiger partial charge in [-0.15, -0.1) is 0 Å². The van der Waals surface area contributed by atoms with Crippen LogP contribution >= 0.6 is 11.8 Å². The van der Waals surface area contributed by atoms with Crippen molar-refractivity contribution in [2.45, 2.75) is 27.7 Å². The molecule has 33 heavy (non-hydrogen) atoms. The fraction of sp³-hybridized carbons (Fsp3) is 0.250. The molecule has 1 N–H and O–H groups in total. The number of nitrogens with zero attached hydrogens (tertiary/aromatic N) is 1. The summed E-state index contributed by atoms with van der Waals surface area (Å²) in [6.45, 7) is 6.88. The molecule has 1 fully saturated rings. The zero-order valence-corrected chi connectivity index (χ0v) is 19.6. The van der Waals surface area contributed by atoms with Crippen molar-refractivity contribution >= 4 is 46.5 Å². The van der Waals surface area contributed by atoms with Gasteiger partial charge in [-0.3, -0.25) is 24.1 Å². The maximum Gasteiger partial charge on any atom is 0.308 e. The van der Waals surface area contributed by atoms with Crippen LogP contribution in [0.4, 0.5) is 10.5 Å². The first-order valence-corrected chi connectivity index (χ1v) is 11.1. The van der Waals surface area contributed by atoms with Crippen molar-refractivity contribution in [2.75, 3.05) is 18.5 Å². The van der Waals surface area contributed by atoms with E-state index in [0.29, 0.717) is 23.6 Å². The number of rotatable bonds is 7. The second-order valence-corrected chi connectivity index (χ2v) is 8.42. The Hall–Kier alpha value is -3.59. The quantitative estimate of drug-likeness (QED) is 0.367. The lowest BCUT2D eigenvalue weighted by molar-refractivity contribution is -0.132. The summed E-state index contributed by atoms with van der Waals surface area (Å²) >= 11 is 0.756. The van der Waals surface area contributed by atoms with E-state index in [4.69, 9.17) is 9.47 Å². The Morgan fingerprint density at radius 1 is 1.06 bits per heavy atom. The molecule has 0 atom stereocenters. The largest absolute Gasteiger partial charge is 0.490 e. The van der Waals surface area contributed by atoms with Gasteiger partial charge in [0.1, 0.15) is 6.54 Å². The standard InChI is InChI=1S/C24H24N2O6S/c1-5-31-20-11-17(6-7-19(20)32-16(4)27)12-21-23(29)26(24(30)33-21)13-22(28)25-18-9-14(2)8-15(3)10-18/h6-12H,5,13H2,1-4H3,(H,25,28)/b21-12+. The minimum atomic E-state index is -0.553. The molecule has 1 heterocycles. The number of carbonyl (C=O) groups is 4. The minimum absolute atomic E-state index is 0.182. The summed E-state index contributed by atoms with van der Waals surface area (Å²) in [6.07, 6.45) is 1.53. The molecule has 1 saturated heterocycles. The van der Waals surface area contributed by atoms with Crippen LogP contribution in [0.5, 0.6) is 11.5 Å². The predicted octanol–water partition coefficient (Wildman–Crippen LogP) is 4.30. The van der Waals surface area contributed by atoms with E-state index in [2.05, 4.69) is 5.32 Å². The van der Waals surface area contributed by atoms with Crippen LogP contribution in [-0.4, -0.2) is 41.1 Å². The van der Waals surface area contributed by atoms with Crippen LogP contribution in [0.3, 0.4) is 0 Å². The van der Waals surface area contributed by atoms with E-state index in [0.717, 1.165) is 27.8 Å². The second kappa shape index (κ2) is 10.4. The fourth-order valence-corrected chi connectivity index (χ4v) is 4.14. The van der Waals surface area contributed by atoms with Crippen molar-refractivity contribution in [3.8, 4) is 11.5 Å². The number of hydrogen-bond donors (Lipinski definition) is 1. The Balaban J connectivity index is 1.74. The molecule has 1 aliphatic heterocycles. The molecule has 9 heteroatoms. The van der Waals surface area contributed by atoms with Gasteiger partial charge in [-0.1, -0.05) is 12.1 Å². The normalized spacial score (nSPS) is 14.5. The number of esters is 1. The summed E-state index contributed by atoms with van der Waals surface area (Å²) in [5, 5.41) is 2.20. The third-order valence-electron chi connectivity index (χ3n) is 4.50. The van der Waals surface area contributed by atoms with Gasteiger partial charge in [-0.25, -0.2) is 0 Å². The van der Waals surface area contributed by atoms with Crippen LogP contribution in [-0.2, 0) is 14.4 Å². The number of ether oxygens (including phenoxy) is 2. The summed E-state index contributed by atoms with van der Waals surface area (Å²) < 4.78 is 10.6. The Kier molecular flexibility index (Phi) is 7.55. The molecule has 3 amide bonds. The van der Waals surface area contributed by atoms with E-state index in [9.17, 15) is 19.2 Å². The number of hydrogen-bond acceptors (Lipinski definition) is 7. The van der Waals surface area contributed by atoms with Gasteiger partial charge in [0.25, 0.3) is 11.1 Å². The maximum atomic E-state index is 12.8. The first kappa shape index (κ1) is 24.1. The number of benzene rings is 2. The lowest BCUT2D eigenvalue weighted by Crippen LogP contribution is -2.36. The maximum absolute atomic E-state index is 12.8. The molecular weight excluding hydrogens is 444 g/mol. The zero-order chi connectivity index (χ0) is 24.1. The predicted molar refractivity (Wildman–Crippen MR) is 126 cm³/mol. The van der Waals surface area contributed by atoms with Gasteiger partial charge in [0.2, 0.25) is 5.91 Å². The van der Waals surface area contributed by atoms with E-state index in [1.54, 1.807) is 25.1 Å². The molecule has 0 bridgehead atoms. The van der Waals surface area contributed by atoms with Crippen LogP contribution in [0.15, 0.2) is 41.3 Å². The Bertz CT molecular complexity index is 1140. The smallest absolute Gasteiger partial charge is 0.308 e. The Morgan fingerprint density at radius 2 is 1.76 bits per heavy atom. The molecule has 172 valence electrons. The minimum Gasteiger partial charge on any atom is -0.490 e. The van der Waals surface area contributed by atoms with E-state index in [1.165, 1.54) is 13.0 Å². The monoisotopic (exact) mass is 468 g/mol. The molecule has 0 saturated carbocycles. The number of thioether (sulfide) groups is 1. The third kappa shape index (κ3) is 6.23. The molecule has 2 aromatic rings. The number of aryl methyl sites for hydroxylation is 2. The van der Waals surface area contributed by atoms with Gasteiger partial charge in [-0.05, 0) is 79.6 Å². The fourth-order valence-electron chi connectivity index (χ4n) is 3.30. The van der Waals surface area contributed by atoms with Gasteiger partial charge in [0.05, 0.1) is 11.5 Å². The number of imide groups is 1. The Morgan fingerprint density at radius 3 is 2.39 bits per heavy atom. The third-order valence-corrected chi connectivity index (χ3v) is 5.41. The second-order valence-electron chi connectivity index (χ2n) is 7.43. The highest BCUT2D eigenvalue weighted by atomic mass is 32.2. The topological polar surface area (TPSA) is 102 Å². The van der Waals surface area contributed by atoms with Gasteiger partial charge in [0.15, 0.2) is 11.5 Å². The molecule has 1 aliphatic rings. The summed E-state index contributed by atoms with van der Waals surface area (Å²) in [4.78, 5) is 50.0. The first-order chi connectivity index (χ1) is 15.7. The molecule has 3 rings (SSSR count). The van der Waals surface area contributed by atoms with Gasteiger partial charge < -0.3 is 14.8 Å². The van der Waals surface area contributed by atoms with Crippen molar-refractivity contribution in [2.24, 2.45) is 0 Å². The van der Waals surface area contributed by atoms with Crippen molar-refractivity contribution in [3.63, 3.8) is 0 Å². The number of anilines is 1. The average Bonchev–Trinajstić information content (AvgIpc) is 2.96. The van der Waals surface area contributed by atoms with E-state index >= 15 is 0 Å². The van der Waals surface area contributed by atoms with Crippen molar-refractivity contribution in [1.82, 2.24) is 4.90 Å². The highest BCUT2D eigenvalue weighted by Crippen LogP contribution is 2.34. The lowest BCUT2D eigenvalue weighted by Gasteiger charge is -2.13. The lowest BCUT2D eigenvalue weighted by atomic mass is 10.1. The zero-order valence-electron chi connectivity index (χ0n) is 18.8. The van der Waals surface area contributed by atoms with Crippen LogP contribution in [0.25, 0.3) is 6.08 Å². The van der Waals surface area contributed by atoms with E-state index < -0.39 is 23.0 Å². The number of nitrogens with one attached hydrogen (secondary N) is 1. The molecule has 0 spiro atoms. The van der Waals surface area contributed by atoms with Crippen molar-refractivity contribution < 1.29 is 28.7 Å². The highest BCUT2D eigenvalue weighted by Gasteiger charge is 2.36. The highest BCUT2D eigenvalue weighted by molar-refractivity contribution is 8.18. The summed E-state index contributed by atoms with van der Waals surface area (Å²) in [5.74, 6) is -0.898. The molecule has 0 radical (unpaired) electrons. The van der Waals surface area contributed by atoms with E-state index in [-0.39, 0.29) is 17.2 Å². The SMILES string of the molecule is CCOc1cc(/C=C2/SC(=O)N(CC(=O)Nc3cc(C)cc(C)c3)C2=O)ccc1OC(C)=O. The van der Waals surface area contributed by atoms with Crippen LogP contribution in [0, 0.1) is 13.8 Å². The number of amides is 3. The molecule has 0 aromatic heterocycles. The number of carbonyl (C=O) groups excluding carboxylic acids is 4. The molecule has 2 aromatic carbocycles. The first-order valence-electron chi connectivity index (χ1n) is 10.2. The van der Waals surface area contributed by atoms with Gasteiger partial charge in [-0.2, -0.15) is 0 Å². The van der Waals surface area contributed by atoms with Crippen LogP contribution < -0.4 is 14.8 Å². The van der Waals surface area contributed by atoms with Crippen LogP contribution in [0.2, 0.25) is 0 Å². The Labute approximate surface area is 195 Å². The molecular formula is C24H24N2O6S. The summed E-state index contributed by atoms with van der Waals surface area (Å²) in [6, 6.07) is 10.4. The van der Waals surface area contributed by atoms with Crippen molar-refractivity contribution in [3.05, 3.63) is 58.0 Å². The molecule has 0 aliphatic carbocycles. The summed E-state index contributed by atoms with van der Waals surface area (Å²) in [5.41, 5.74) is 3.17. The summed E-state index contributed by atoms with van der Waals surface area (Å²) in [7, 11) is 0.